The molecule has 20 heavy (non-hydrogen) atoms. The lowest BCUT2D eigenvalue weighted by molar-refractivity contribution is -0.125. The van der Waals surface area contributed by atoms with Crippen molar-refractivity contribution in [2.45, 2.75) is 11.0 Å². The van der Waals surface area contributed by atoms with E-state index in [2.05, 4.69) is 15.9 Å². The highest BCUT2D eigenvalue weighted by atomic mass is 79.9. The summed E-state index contributed by atoms with van der Waals surface area (Å²) in [7, 11) is -2.74. The average molecular weight is 388 g/mol. The first-order chi connectivity index (χ1) is 9.19. The number of carbonyl (C=O) groups excluding carboxylic acids is 1. The average Bonchev–Trinajstić information content (AvgIpc) is 2.35. The zero-order chi connectivity index (χ0) is 15.5. The van der Waals surface area contributed by atoms with Crippen molar-refractivity contribution in [1.29, 1.82) is 0 Å². The van der Waals surface area contributed by atoms with Gasteiger partial charge in [-0.1, -0.05) is 11.6 Å². The number of amides is 1. The molecule has 1 amide bonds. The Morgan fingerprint density at radius 2 is 2.20 bits per heavy atom. The van der Waals surface area contributed by atoms with E-state index in [1.54, 1.807) is 0 Å². The number of nitrogens with one attached hydrogen (secondary N) is 1. The summed E-state index contributed by atoms with van der Waals surface area (Å²) in [5.41, 5.74) is 4.83. The molecule has 7 nitrogen and oxygen atoms in total. The highest BCUT2D eigenvalue weighted by molar-refractivity contribution is 9.10. The van der Waals surface area contributed by atoms with Crippen LogP contribution in [-0.2, 0) is 14.8 Å². The Bertz CT molecular complexity index is 622. The summed E-state index contributed by atoms with van der Waals surface area (Å²) >= 11 is 8.93. The topological polar surface area (TPSA) is 119 Å². The van der Waals surface area contributed by atoms with Crippen molar-refractivity contribution >= 4 is 43.5 Å². The van der Waals surface area contributed by atoms with Gasteiger partial charge in [-0.15, -0.1) is 0 Å². The van der Waals surface area contributed by atoms with E-state index in [-0.39, 0.29) is 15.7 Å². The van der Waals surface area contributed by atoms with E-state index in [9.17, 15) is 18.3 Å². The third kappa shape index (κ3) is 4.06. The smallest absolute Gasteiger partial charge is 0.247 e. The molecule has 0 radical (unpaired) electrons. The predicted octanol–water partition coefficient (Wildman–Crippen LogP) is 0.236. The van der Waals surface area contributed by atoms with Crippen LogP contribution in [0.4, 0.5) is 0 Å². The van der Waals surface area contributed by atoms with Gasteiger partial charge in [0, 0.05) is 11.6 Å². The molecule has 1 aromatic rings. The van der Waals surface area contributed by atoms with Crippen LogP contribution >= 0.6 is 27.5 Å². The molecule has 1 rings (SSSR count). The van der Waals surface area contributed by atoms with Gasteiger partial charge in [0.25, 0.3) is 0 Å². The maximum absolute atomic E-state index is 12.1. The third-order valence-electron chi connectivity index (χ3n) is 2.26. The van der Waals surface area contributed by atoms with Crippen LogP contribution in [0.1, 0.15) is 0 Å². The molecule has 0 spiro atoms. The van der Waals surface area contributed by atoms with Gasteiger partial charge < -0.3 is 15.6 Å². The first kappa shape index (κ1) is 17.2. The second-order valence-corrected chi connectivity index (χ2v) is 6.72. The number of hydrogen-bond acceptors (Lipinski definition) is 5. The molecular weight excluding hydrogens is 376 g/mol. The van der Waals surface area contributed by atoms with E-state index in [0.717, 1.165) is 0 Å². The second-order valence-electron chi connectivity index (χ2n) is 3.69. The fourth-order valence-corrected chi connectivity index (χ4v) is 3.72. The molecule has 1 aromatic carbocycles. The summed E-state index contributed by atoms with van der Waals surface area (Å²) in [5, 5.41) is 9.38. The number of methoxy groups -OCH3 is 1. The van der Waals surface area contributed by atoms with Gasteiger partial charge in [-0.05, 0) is 28.1 Å². The monoisotopic (exact) mass is 386 g/mol. The Labute approximate surface area is 129 Å². The highest BCUT2D eigenvalue weighted by Crippen LogP contribution is 2.35. The number of rotatable bonds is 6. The number of nitrogens with two attached hydrogens (primary N) is 1. The molecule has 0 aliphatic carbocycles. The largest absolute Gasteiger partial charge is 0.494 e. The Kier molecular flexibility index (Phi) is 5.78. The van der Waals surface area contributed by atoms with Crippen LogP contribution in [0.3, 0.4) is 0 Å². The van der Waals surface area contributed by atoms with Gasteiger partial charge in [-0.2, -0.15) is 0 Å². The summed E-state index contributed by atoms with van der Waals surface area (Å²) in [4.78, 5) is 10.4. The molecule has 4 N–H and O–H groups in total. The number of aliphatic hydroxyl groups excluding tert-OH is 1. The van der Waals surface area contributed by atoms with Crippen LogP contribution in [0, 0.1) is 0 Å². The van der Waals surface area contributed by atoms with E-state index in [1.165, 1.54) is 19.2 Å². The van der Waals surface area contributed by atoms with Crippen molar-refractivity contribution in [3.05, 3.63) is 21.6 Å². The summed E-state index contributed by atoms with van der Waals surface area (Å²) in [6.45, 7) is -0.551. The minimum Gasteiger partial charge on any atom is -0.494 e. The zero-order valence-corrected chi connectivity index (χ0v) is 13.4. The van der Waals surface area contributed by atoms with Gasteiger partial charge in [0.05, 0.1) is 11.6 Å². The summed E-state index contributed by atoms with van der Waals surface area (Å²) in [5.74, 6) is -0.984. The fourth-order valence-electron chi connectivity index (χ4n) is 1.30. The van der Waals surface area contributed by atoms with Gasteiger partial charge in [-0.3, -0.25) is 4.79 Å². The Morgan fingerprint density at radius 3 is 2.70 bits per heavy atom. The van der Waals surface area contributed by atoms with Crippen LogP contribution in [0.2, 0.25) is 5.02 Å². The third-order valence-corrected chi connectivity index (χ3v) is 4.50. The van der Waals surface area contributed by atoms with Gasteiger partial charge in [0.15, 0.2) is 5.75 Å². The maximum atomic E-state index is 12.1. The standard InChI is InChI=1S/C10H12BrClN2O5S/c1-19-9-6(11)2-5(12)3-8(9)20(17,18)14-4-7(15)10(13)16/h2-3,7,14-15H,4H2,1H3,(H2,13,16). The molecule has 1 unspecified atom stereocenters. The lowest BCUT2D eigenvalue weighted by Gasteiger charge is -2.13. The van der Waals surface area contributed by atoms with Crippen molar-refractivity contribution in [1.82, 2.24) is 4.72 Å². The lowest BCUT2D eigenvalue weighted by atomic mass is 10.3. The van der Waals surface area contributed by atoms with Crippen LogP contribution in [0.5, 0.6) is 5.75 Å². The number of primary amides is 1. The minimum atomic E-state index is -4.03. The number of benzene rings is 1. The molecule has 0 saturated heterocycles. The summed E-state index contributed by atoms with van der Waals surface area (Å²) in [6, 6.07) is 2.65. The van der Waals surface area contributed by atoms with Crippen molar-refractivity contribution in [3.63, 3.8) is 0 Å². The SMILES string of the molecule is COc1c(Br)cc(Cl)cc1S(=O)(=O)NCC(O)C(N)=O. The molecule has 0 fully saturated rings. The number of hydrogen-bond donors (Lipinski definition) is 3. The minimum absolute atomic E-state index is 0.0514. The van der Waals surface area contributed by atoms with Gasteiger partial charge in [-0.25, -0.2) is 13.1 Å². The Balaban J connectivity index is 3.13. The van der Waals surface area contributed by atoms with Crippen molar-refractivity contribution < 1.29 is 23.1 Å². The van der Waals surface area contributed by atoms with Crippen LogP contribution in [0.25, 0.3) is 0 Å². The quantitative estimate of drug-likeness (QED) is 0.646. The van der Waals surface area contributed by atoms with Gasteiger partial charge in [0.2, 0.25) is 15.9 Å². The van der Waals surface area contributed by atoms with Crippen molar-refractivity contribution in [3.8, 4) is 5.75 Å². The van der Waals surface area contributed by atoms with Crippen LogP contribution < -0.4 is 15.2 Å². The number of sulfonamides is 1. The molecule has 0 heterocycles. The Hall–Kier alpha value is -0.870. The fraction of sp³-hybridized carbons (Fsp3) is 0.300. The van der Waals surface area contributed by atoms with Gasteiger partial charge in [0.1, 0.15) is 11.0 Å². The number of carbonyl (C=O) groups is 1. The number of halogens is 2. The zero-order valence-electron chi connectivity index (χ0n) is 10.3. The predicted molar refractivity (Wildman–Crippen MR) is 76.1 cm³/mol. The molecule has 112 valence electrons. The van der Waals surface area contributed by atoms with Gasteiger partial charge >= 0.3 is 0 Å². The van der Waals surface area contributed by atoms with Crippen LogP contribution in [-0.4, -0.2) is 39.2 Å². The van der Waals surface area contributed by atoms with E-state index in [4.69, 9.17) is 22.1 Å². The van der Waals surface area contributed by atoms with Crippen molar-refractivity contribution in [2.24, 2.45) is 5.73 Å². The lowest BCUT2D eigenvalue weighted by Crippen LogP contribution is -2.40. The molecule has 0 aliphatic heterocycles. The molecular formula is C10H12BrClN2O5S. The molecule has 0 aromatic heterocycles. The molecule has 10 heteroatoms. The Morgan fingerprint density at radius 1 is 1.60 bits per heavy atom. The van der Waals surface area contributed by atoms with E-state index in [0.29, 0.717) is 4.47 Å². The van der Waals surface area contributed by atoms with E-state index >= 15 is 0 Å². The number of ether oxygens (including phenoxy) is 1. The van der Waals surface area contributed by atoms with E-state index in [1.807, 2.05) is 4.72 Å². The summed E-state index contributed by atoms with van der Waals surface area (Å²) in [6.07, 6.45) is -1.63. The van der Waals surface area contributed by atoms with Crippen molar-refractivity contribution in [2.75, 3.05) is 13.7 Å². The molecule has 1 atom stereocenters. The summed E-state index contributed by atoms with van der Waals surface area (Å²) < 4.78 is 31.6. The first-order valence-corrected chi connectivity index (χ1v) is 7.84. The molecule has 0 saturated carbocycles. The maximum Gasteiger partial charge on any atom is 0.247 e. The normalized spacial score (nSPS) is 13.0. The second kappa shape index (κ2) is 6.72. The van der Waals surface area contributed by atoms with E-state index < -0.39 is 28.6 Å². The number of aliphatic hydroxyl groups is 1. The molecule has 0 aliphatic rings. The highest BCUT2D eigenvalue weighted by Gasteiger charge is 2.24. The first-order valence-electron chi connectivity index (χ1n) is 5.19. The van der Waals surface area contributed by atoms with Crippen LogP contribution in [0.15, 0.2) is 21.5 Å². The molecule has 0 bridgehead atoms.